The first-order valence-electron chi connectivity index (χ1n) is 8.68. The van der Waals surface area contributed by atoms with Crippen LogP contribution in [0.2, 0.25) is 0 Å². The lowest BCUT2D eigenvalue weighted by molar-refractivity contribution is 0.102. The molecule has 2 aromatic carbocycles. The monoisotopic (exact) mass is 386 g/mol. The number of pyridine rings is 1. The van der Waals surface area contributed by atoms with Gasteiger partial charge < -0.3 is 4.52 Å². The van der Waals surface area contributed by atoms with Crippen molar-refractivity contribution in [3.8, 4) is 11.3 Å². The number of carbonyl (C=O) groups excluding carboxylic acids is 1. The Labute approximate surface area is 163 Å². The highest BCUT2D eigenvalue weighted by molar-refractivity contribution is 7.22. The number of thiazole rings is 1. The summed E-state index contributed by atoms with van der Waals surface area (Å²) in [6.45, 7) is 1.80. The van der Waals surface area contributed by atoms with Crippen LogP contribution >= 0.6 is 11.3 Å². The van der Waals surface area contributed by atoms with Gasteiger partial charge in [-0.3, -0.25) is 10.1 Å². The van der Waals surface area contributed by atoms with Crippen molar-refractivity contribution in [1.82, 2.24) is 15.1 Å². The van der Waals surface area contributed by atoms with Gasteiger partial charge in [-0.2, -0.15) is 0 Å². The first-order chi connectivity index (χ1) is 13.7. The fourth-order valence-corrected chi connectivity index (χ4v) is 3.98. The Morgan fingerprint density at radius 2 is 1.82 bits per heavy atom. The van der Waals surface area contributed by atoms with E-state index in [2.05, 4.69) is 20.4 Å². The lowest BCUT2D eigenvalue weighted by Gasteiger charge is -2.06. The van der Waals surface area contributed by atoms with E-state index < -0.39 is 0 Å². The quantitative estimate of drug-likeness (QED) is 0.469. The van der Waals surface area contributed by atoms with E-state index in [1.165, 1.54) is 11.3 Å². The molecule has 0 aliphatic rings. The Hall–Kier alpha value is -3.58. The number of hydrogen-bond donors (Lipinski definition) is 1. The standard InChI is InChI=1S/C21H14N4O2S/c1-12-18-14(19(26)24-21-23-15-9-5-6-10-17(15)28-21)11-16(22-20(18)27-25-12)13-7-3-2-4-8-13/h2-11H,1H3,(H,23,24,26). The zero-order valence-electron chi connectivity index (χ0n) is 14.8. The number of fused-ring (bicyclic) bond motifs is 2. The maximum Gasteiger partial charge on any atom is 0.259 e. The third-order valence-electron chi connectivity index (χ3n) is 4.45. The minimum Gasteiger partial charge on any atom is -0.335 e. The third-order valence-corrected chi connectivity index (χ3v) is 5.40. The zero-order valence-corrected chi connectivity index (χ0v) is 15.7. The molecule has 3 heterocycles. The molecule has 5 aromatic rings. The summed E-state index contributed by atoms with van der Waals surface area (Å²) in [7, 11) is 0. The van der Waals surface area contributed by atoms with E-state index in [-0.39, 0.29) is 5.91 Å². The van der Waals surface area contributed by atoms with Crippen LogP contribution in [-0.4, -0.2) is 21.0 Å². The second-order valence-corrected chi connectivity index (χ2v) is 7.34. The number of benzene rings is 2. The van der Waals surface area contributed by atoms with Crippen molar-refractivity contribution in [3.05, 3.63) is 71.9 Å². The van der Waals surface area contributed by atoms with Crippen molar-refractivity contribution >= 4 is 43.7 Å². The van der Waals surface area contributed by atoms with Crippen LogP contribution in [0.25, 0.3) is 32.6 Å². The van der Waals surface area contributed by atoms with Gasteiger partial charge in [0.1, 0.15) is 0 Å². The average molecular weight is 386 g/mol. The van der Waals surface area contributed by atoms with Crippen LogP contribution in [0.3, 0.4) is 0 Å². The first kappa shape index (κ1) is 16.6. The SMILES string of the molecule is Cc1noc2nc(-c3ccccc3)cc(C(=O)Nc3nc4ccccc4s3)c12. The number of rotatable bonds is 3. The van der Waals surface area contributed by atoms with Gasteiger partial charge in [0.25, 0.3) is 11.6 Å². The van der Waals surface area contributed by atoms with Crippen LogP contribution in [0.1, 0.15) is 16.1 Å². The number of anilines is 1. The van der Waals surface area contributed by atoms with Gasteiger partial charge in [-0.1, -0.05) is 59.0 Å². The molecule has 0 bridgehead atoms. The summed E-state index contributed by atoms with van der Waals surface area (Å²) in [6, 6.07) is 19.2. The van der Waals surface area contributed by atoms with Crippen molar-refractivity contribution in [2.75, 3.05) is 5.32 Å². The highest BCUT2D eigenvalue weighted by Gasteiger charge is 2.20. The van der Waals surface area contributed by atoms with E-state index in [0.717, 1.165) is 15.8 Å². The fourth-order valence-electron chi connectivity index (χ4n) is 3.12. The molecule has 28 heavy (non-hydrogen) atoms. The van der Waals surface area contributed by atoms with E-state index in [1.807, 2.05) is 54.6 Å². The van der Waals surface area contributed by atoms with Crippen LogP contribution in [0.5, 0.6) is 0 Å². The molecule has 0 atom stereocenters. The molecule has 1 N–H and O–H groups in total. The van der Waals surface area contributed by atoms with Gasteiger partial charge in [-0.25, -0.2) is 9.97 Å². The van der Waals surface area contributed by atoms with Crippen molar-refractivity contribution in [2.24, 2.45) is 0 Å². The Morgan fingerprint density at radius 1 is 1.04 bits per heavy atom. The summed E-state index contributed by atoms with van der Waals surface area (Å²) < 4.78 is 6.36. The summed E-state index contributed by atoms with van der Waals surface area (Å²) in [5, 5.41) is 8.05. The minimum absolute atomic E-state index is 0.269. The highest BCUT2D eigenvalue weighted by Crippen LogP contribution is 2.29. The van der Waals surface area contributed by atoms with E-state index in [1.54, 1.807) is 13.0 Å². The number of nitrogens with one attached hydrogen (secondary N) is 1. The van der Waals surface area contributed by atoms with Gasteiger partial charge in [0.2, 0.25) is 0 Å². The summed E-state index contributed by atoms with van der Waals surface area (Å²) in [5.74, 6) is -0.269. The molecule has 0 saturated carbocycles. The Bertz CT molecular complexity index is 1290. The van der Waals surface area contributed by atoms with E-state index >= 15 is 0 Å². The van der Waals surface area contributed by atoms with Gasteiger partial charge in [0, 0.05) is 5.56 Å². The summed E-state index contributed by atoms with van der Waals surface area (Å²) in [6.07, 6.45) is 0. The van der Waals surface area contributed by atoms with Gasteiger partial charge in [0.05, 0.1) is 32.6 Å². The van der Waals surface area contributed by atoms with Gasteiger partial charge in [-0.15, -0.1) is 0 Å². The number of aromatic nitrogens is 3. The molecule has 136 valence electrons. The largest absolute Gasteiger partial charge is 0.335 e. The Morgan fingerprint density at radius 3 is 2.64 bits per heavy atom. The van der Waals surface area contributed by atoms with Crippen molar-refractivity contribution in [2.45, 2.75) is 6.92 Å². The van der Waals surface area contributed by atoms with Gasteiger partial charge in [-0.05, 0) is 25.1 Å². The predicted octanol–water partition coefficient (Wildman–Crippen LogP) is 5.06. The van der Waals surface area contributed by atoms with Crippen LogP contribution in [-0.2, 0) is 0 Å². The van der Waals surface area contributed by atoms with Crippen molar-refractivity contribution in [1.29, 1.82) is 0 Å². The maximum absolute atomic E-state index is 13.1. The normalized spacial score (nSPS) is 11.2. The summed E-state index contributed by atoms with van der Waals surface area (Å²) >= 11 is 1.43. The summed E-state index contributed by atoms with van der Waals surface area (Å²) in [5.41, 5.74) is 3.83. The Kier molecular flexibility index (Phi) is 3.87. The average Bonchev–Trinajstić information content (AvgIpc) is 3.31. The molecule has 0 aliphatic heterocycles. The molecule has 7 heteroatoms. The van der Waals surface area contributed by atoms with Gasteiger partial charge in [0.15, 0.2) is 5.13 Å². The minimum atomic E-state index is -0.269. The molecular weight excluding hydrogens is 372 g/mol. The van der Waals surface area contributed by atoms with Crippen molar-refractivity contribution < 1.29 is 9.32 Å². The zero-order chi connectivity index (χ0) is 19.1. The highest BCUT2D eigenvalue weighted by atomic mass is 32.1. The Balaban J connectivity index is 1.60. The molecule has 0 fully saturated rings. The second kappa shape index (κ2) is 6.54. The topological polar surface area (TPSA) is 80.9 Å². The summed E-state index contributed by atoms with van der Waals surface area (Å²) in [4.78, 5) is 22.1. The number of nitrogens with zero attached hydrogens (tertiary/aromatic N) is 3. The number of carbonyl (C=O) groups is 1. The number of hydrogen-bond acceptors (Lipinski definition) is 6. The third kappa shape index (κ3) is 2.82. The number of amides is 1. The van der Waals surface area contributed by atoms with E-state index in [4.69, 9.17) is 4.52 Å². The van der Waals surface area contributed by atoms with Crippen molar-refractivity contribution in [3.63, 3.8) is 0 Å². The van der Waals surface area contributed by atoms with Crippen LogP contribution in [0.15, 0.2) is 65.2 Å². The molecule has 6 nitrogen and oxygen atoms in total. The fraction of sp³-hybridized carbons (Fsp3) is 0.0476. The number of aryl methyl sites for hydroxylation is 1. The van der Waals surface area contributed by atoms with Crippen LogP contribution in [0.4, 0.5) is 5.13 Å². The molecule has 0 saturated heterocycles. The number of para-hydroxylation sites is 1. The van der Waals surface area contributed by atoms with E-state index in [0.29, 0.717) is 33.2 Å². The molecule has 0 radical (unpaired) electrons. The maximum atomic E-state index is 13.1. The predicted molar refractivity (Wildman–Crippen MR) is 110 cm³/mol. The van der Waals surface area contributed by atoms with Crippen LogP contribution in [0, 0.1) is 6.92 Å². The second-order valence-electron chi connectivity index (χ2n) is 6.31. The molecule has 0 unspecified atom stereocenters. The first-order valence-corrected chi connectivity index (χ1v) is 9.50. The molecule has 0 spiro atoms. The van der Waals surface area contributed by atoms with Crippen LogP contribution < -0.4 is 5.32 Å². The lowest BCUT2D eigenvalue weighted by atomic mass is 10.1. The molecule has 5 rings (SSSR count). The van der Waals surface area contributed by atoms with E-state index in [9.17, 15) is 4.79 Å². The molecule has 0 aliphatic carbocycles. The molecule has 1 amide bonds. The van der Waals surface area contributed by atoms with Gasteiger partial charge >= 0.3 is 0 Å². The molecule has 3 aromatic heterocycles. The molecular formula is C21H14N4O2S. The lowest BCUT2D eigenvalue weighted by Crippen LogP contribution is -2.13. The smallest absolute Gasteiger partial charge is 0.259 e.